The van der Waals surface area contributed by atoms with Crippen molar-refractivity contribution in [2.24, 2.45) is 5.34 Å². The molecule has 8 heavy (non-hydrogen) atoms. The number of hydrogen-bond acceptors (Lipinski definition) is 2. The first kappa shape index (κ1) is 76.5. The van der Waals surface area contributed by atoms with Crippen LogP contribution in [0.15, 0.2) is 5.34 Å². The molecule has 0 rings (SSSR count). The molecule has 0 spiro atoms. The van der Waals surface area contributed by atoms with Crippen molar-refractivity contribution in [2.45, 2.75) is 0 Å². The SMILES string of the molecule is O.O.O.O.O=NO.[CaH2]. The molecule has 0 amide bonds. The fourth-order valence-electron chi connectivity index (χ4n) is 0. The van der Waals surface area contributed by atoms with Gasteiger partial charge in [-0.05, 0) is 0 Å². The zero-order valence-corrected chi connectivity index (χ0v) is 3.30. The first-order chi connectivity index (χ1) is 1.41. The molecule has 0 aliphatic heterocycles. The van der Waals surface area contributed by atoms with Gasteiger partial charge < -0.3 is 27.1 Å². The predicted octanol–water partition coefficient (Wildman–Crippen LogP) is -4.07. The van der Waals surface area contributed by atoms with E-state index < -0.39 is 0 Å². The minimum absolute atomic E-state index is 0. The molecule has 0 aromatic carbocycles. The Morgan fingerprint density at radius 1 is 1.00 bits per heavy atom. The summed E-state index contributed by atoms with van der Waals surface area (Å²) in [6.07, 6.45) is 0. The molecular formula is H11CaNO6. The van der Waals surface area contributed by atoms with Gasteiger partial charge in [-0.15, -0.1) is 4.91 Å². The van der Waals surface area contributed by atoms with Crippen molar-refractivity contribution in [1.82, 2.24) is 0 Å². The molecule has 0 aromatic rings. The van der Waals surface area contributed by atoms with Crippen LogP contribution >= 0.6 is 0 Å². The van der Waals surface area contributed by atoms with Crippen LogP contribution in [0.4, 0.5) is 0 Å². The summed E-state index contributed by atoms with van der Waals surface area (Å²) in [6.45, 7) is 0. The molecule has 0 heterocycles. The van der Waals surface area contributed by atoms with Gasteiger partial charge in [-0.3, -0.25) is 0 Å². The zero-order chi connectivity index (χ0) is 2.71. The van der Waals surface area contributed by atoms with Crippen LogP contribution in [0.3, 0.4) is 0 Å². The van der Waals surface area contributed by atoms with Crippen LogP contribution in [0.25, 0.3) is 0 Å². The Hall–Kier alpha value is 0.500. The third kappa shape index (κ3) is 787. The Morgan fingerprint density at radius 3 is 1.00 bits per heavy atom. The van der Waals surface area contributed by atoms with Gasteiger partial charge in [0, 0.05) is 0 Å². The molecule has 8 heteroatoms. The van der Waals surface area contributed by atoms with Gasteiger partial charge in [0.2, 0.25) is 0 Å². The molecular weight excluding hydrogens is 150 g/mol. The predicted molar refractivity (Wildman–Crippen MR) is 30.6 cm³/mol. The summed E-state index contributed by atoms with van der Waals surface area (Å²) in [4.78, 5) is 8.11. The van der Waals surface area contributed by atoms with E-state index >= 15 is 0 Å². The van der Waals surface area contributed by atoms with Crippen LogP contribution in [0.2, 0.25) is 0 Å². The minimum atomic E-state index is 0. The normalized spacial score (nSPS) is 1.50. The van der Waals surface area contributed by atoms with E-state index in [1.54, 1.807) is 0 Å². The van der Waals surface area contributed by atoms with E-state index in [0.29, 0.717) is 0 Å². The van der Waals surface area contributed by atoms with Crippen molar-refractivity contribution in [3.8, 4) is 0 Å². The molecule has 0 saturated carbocycles. The van der Waals surface area contributed by atoms with Gasteiger partial charge in [0.15, 0.2) is 5.34 Å². The number of nitrogens with zero attached hydrogens (tertiary/aromatic N) is 1. The summed E-state index contributed by atoms with van der Waals surface area (Å²) in [6, 6.07) is 0. The average molecular weight is 161 g/mol. The fourth-order valence-corrected chi connectivity index (χ4v) is 0. The summed E-state index contributed by atoms with van der Waals surface area (Å²) in [7, 11) is 0. The van der Waals surface area contributed by atoms with Crippen molar-refractivity contribution in [3.63, 3.8) is 0 Å². The summed E-state index contributed by atoms with van der Waals surface area (Å²) >= 11 is 0. The Morgan fingerprint density at radius 2 is 1.00 bits per heavy atom. The first-order valence-corrected chi connectivity index (χ1v) is 0.383. The molecule has 54 valence electrons. The van der Waals surface area contributed by atoms with Crippen molar-refractivity contribution in [2.75, 3.05) is 0 Å². The van der Waals surface area contributed by atoms with Crippen LogP contribution in [0.1, 0.15) is 0 Å². The van der Waals surface area contributed by atoms with Crippen LogP contribution in [0.5, 0.6) is 0 Å². The van der Waals surface area contributed by atoms with E-state index in [0.717, 1.165) is 0 Å². The van der Waals surface area contributed by atoms with E-state index in [1.807, 2.05) is 0 Å². The molecule has 0 aliphatic rings. The molecule has 0 fully saturated rings. The monoisotopic (exact) mass is 161 g/mol. The van der Waals surface area contributed by atoms with Crippen LogP contribution in [-0.4, -0.2) is 64.9 Å². The molecule has 0 bridgehead atoms. The summed E-state index contributed by atoms with van der Waals surface area (Å²) in [5.41, 5.74) is 0. The molecule has 0 aliphatic carbocycles. The molecule has 0 atom stereocenters. The Balaban J connectivity index is -0.00000000200. The van der Waals surface area contributed by atoms with Crippen molar-refractivity contribution >= 4 is 37.7 Å². The average Bonchev–Trinajstić information content (AvgIpc) is 0.918. The van der Waals surface area contributed by atoms with Crippen molar-refractivity contribution in [3.05, 3.63) is 4.91 Å². The molecule has 7 nitrogen and oxygen atoms in total. The van der Waals surface area contributed by atoms with Crippen LogP contribution in [-0.2, 0) is 0 Å². The topological polar surface area (TPSA) is 176 Å². The van der Waals surface area contributed by atoms with E-state index in [1.165, 1.54) is 5.34 Å². The quantitative estimate of drug-likeness (QED) is 0.216. The van der Waals surface area contributed by atoms with E-state index in [-0.39, 0.29) is 59.6 Å². The second-order valence-corrected chi connectivity index (χ2v) is 0.0816. The first-order valence-electron chi connectivity index (χ1n) is 0.383. The van der Waals surface area contributed by atoms with E-state index in [4.69, 9.17) is 10.1 Å². The number of hydrogen-bond donors (Lipinski definition) is 1. The molecule has 0 unspecified atom stereocenters. The molecule has 9 N–H and O–H groups in total. The van der Waals surface area contributed by atoms with Gasteiger partial charge in [0.25, 0.3) is 0 Å². The fraction of sp³-hybridized carbons (Fsp3) is 0. The van der Waals surface area contributed by atoms with E-state index in [9.17, 15) is 0 Å². The second-order valence-electron chi connectivity index (χ2n) is 0.0816. The Kier molecular flexibility index (Phi) is 1350. The molecule has 0 aromatic heterocycles. The Bertz CT molecular complexity index is 16.0. The summed E-state index contributed by atoms with van der Waals surface area (Å²) in [5.74, 6) is 0. The maximum absolute atomic E-state index is 8.11. The van der Waals surface area contributed by atoms with Gasteiger partial charge in [-0.2, -0.15) is 0 Å². The third-order valence-corrected chi connectivity index (χ3v) is 0. The van der Waals surface area contributed by atoms with Gasteiger partial charge in [-0.1, -0.05) is 0 Å². The van der Waals surface area contributed by atoms with Crippen molar-refractivity contribution < 1.29 is 27.1 Å². The summed E-state index contributed by atoms with van der Waals surface area (Å²) < 4.78 is 0. The van der Waals surface area contributed by atoms with Gasteiger partial charge in [0.05, 0.1) is 0 Å². The van der Waals surface area contributed by atoms with E-state index in [2.05, 4.69) is 0 Å². The molecule has 0 radical (unpaired) electrons. The van der Waals surface area contributed by atoms with Gasteiger partial charge in [-0.25, -0.2) is 0 Å². The van der Waals surface area contributed by atoms with Crippen LogP contribution in [0, 0.1) is 4.91 Å². The van der Waals surface area contributed by atoms with Gasteiger partial charge >= 0.3 is 37.7 Å². The van der Waals surface area contributed by atoms with Crippen molar-refractivity contribution in [1.29, 1.82) is 0 Å². The maximum atomic E-state index is 8.11. The molecule has 0 saturated heterocycles. The van der Waals surface area contributed by atoms with Crippen LogP contribution < -0.4 is 0 Å². The standard InChI is InChI=1S/Ca.HNO2.4H2O.2H/c;2-1-3;;;;;;/h;(H,2,3);4*1H2;;. The zero-order valence-electron chi connectivity index (χ0n) is 3.30. The third-order valence-electron chi connectivity index (χ3n) is 0. The number of rotatable bonds is 0. The summed E-state index contributed by atoms with van der Waals surface area (Å²) in [5, 5.41) is 7.89. The Labute approximate surface area is 74.9 Å². The van der Waals surface area contributed by atoms with Gasteiger partial charge in [0.1, 0.15) is 0 Å². The second kappa shape index (κ2) is 141.